The van der Waals surface area contributed by atoms with E-state index in [1.165, 1.54) is 0 Å². The number of esters is 2. The zero-order valence-corrected chi connectivity index (χ0v) is 17.3. The SMILES string of the molecule is CC(C)(C)OC(=O)COC(=O)C=Cc1c(C#N)cnn1-c1ncc(C(F)(F)F)cc1Cl. The number of hydrogen-bond acceptors (Lipinski definition) is 7. The summed E-state index contributed by atoms with van der Waals surface area (Å²) < 4.78 is 49.2. The molecule has 0 saturated heterocycles. The van der Waals surface area contributed by atoms with Crippen LogP contribution in [0.1, 0.15) is 37.6 Å². The highest BCUT2D eigenvalue weighted by atomic mass is 35.5. The molecule has 2 aromatic heterocycles. The number of aromatic nitrogens is 3. The van der Waals surface area contributed by atoms with Gasteiger partial charge in [0, 0.05) is 12.3 Å². The molecule has 2 heterocycles. The van der Waals surface area contributed by atoms with Crippen LogP contribution >= 0.6 is 11.6 Å². The normalized spacial score (nSPS) is 11.9. The number of halogens is 4. The third-order valence-electron chi connectivity index (χ3n) is 3.41. The van der Waals surface area contributed by atoms with Crippen molar-refractivity contribution in [3.63, 3.8) is 0 Å². The molecule has 0 spiro atoms. The molecule has 0 N–H and O–H groups in total. The first-order valence-electron chi connectivity index (χ1n) is 8.59. The summed E-state index contributed by atoms with van der Waals surface area (Å²) in [6, 6.07) is 2.50. The smallest absolute Gasteiger partial charge is 0.417 e. The number of rotatable bonds is 5. The molecule has 0 atom stereocenters. The van der Waals surface area contributed by atoms with Crippen molar-refractivity contribution in [2.24, 2.45) is 0 Å². The Kier molecular flexibility index (Phi) is 7.07. The van der Waals surface area contributed by atoms with Crippen molar-refractivity contribution >= 4 is 29.6 Å². The van der Waals surface area contributed by atoms with Gasteiger partial charge in [0.2, 0.25) is 0 Å². The molecular weight excluding hydrogens is 441 g/mol. The van der Waals surface area contributed by atoms with Gasteiger partial charge in [-0.25, -0.2) is 19.3 Å². The number of carbonyl (C=O) groups is 2. The number of nitriles is 1. The van der Waals surface area contributed by atoms with Gasteiger partial charge in [-0.1, -0.05) is 11.6 Å². The second kappa shape index (κ2) is 9.18. The zero-order chi connectivity index (χ0) is 23.4. The van der Waals surface area contributed by atoms with Crippen LogP contribution in [-0.4, -0.2) is 38.9 Å². The molecule has 0 unspecified atom stereocenters. The van der Waals surface area contributed by atoms with Gasteiger partial charge in [0.25, 0.3) is 0 Å². The third-order valence-corrected chi connectivity index (χ3v) is 3.68. The Morgan fingerprint density at radius 3 is 2.52 bits per heavy atom. The lowest BCUT2D eigenvalue weighted by Gasteiger charge is -2.19. The molecule has 0 fully saturated rings. The molecule has 0 bridgehead atoms. The summed E-state index contributed by atoms with van der Waals surface area (Å²) >= 11 is 5.92. The molecule has 8 nitrogen and oxygen atoms in total. The van der Waals surface area contributed by atoms with Crippen LogP contribution in [0.25, 0.3) is 11.9 Å². The number of carbonyl (C=O) groups excluding carboxylic acids is 2. The van der Waals surface area contributed by atoms with Gasteiger partial charge < -0.3 is 9.47 Å². The van der Waals surface area contributed by atoms with Crippen molar-refractivity contribution in [3.05, 3.63) is 46.4 Å². The van der Waals surface area contributed by atoms with Crippen molar-refractivity contribution in [3.8, 4) is 11.9 Å². The van der Waals surface area contributed by atoms with E-state index in [4.69, 9.17) is 21.1 Å². The predicted octanol–water partition coefficient (Wildman–Crippen LogP) is 3.71. The van der Waals surface area contributed by atoms with E-state index in [0.717, 1.165) is 23.0 Å². The molecule has 2 aromatic rings. The molecule has 0 aliphatic rings. The van der Waals surface area contributed by atoms with Crippen molar-refractivity contribution in [2.45, 2.75) is 32.5 Å². The van der Waals surface area contributed by atoms with Gasteiger partial charge in [-0.15, -0.1) is 0 Å². The number of nitrogens with zero attached hydrogens (tertiary/aromatic N) is 4. The average molecular weight is 457 g/mol. The van der Waals surface area contributed by atoms with E-state index >= 15 is 0 Å². The van der Waals surface area contributed by atoms with Gasteiger partial charge in [-0.3, -0.25) is 0 Å². The molecule has 0 saturated carbocycles. The van der Waals surface area contributed by atoms with Crippen LogP contribution in [0.5, 0.6) is 0 Å². The molecule has 2 rings (SSSR count). The minimum Gasteiger partial charge on any atom is -0.457 e. The van der Waals surface area contributed by atoms with Crippen LogP contribution in [0, 0.1) is 11.3 Å². The lowest BCUT2D eigenvalue weighted by molar-refractivity contribution is -0.164. The summed E-state index contributed by atoms with van der Waals surface area (Å²) in [5.41, 5.74) is -1.79. The van der Waals surface area contributed by atoms with Crippen LogP contribution in [0.4, 0.5) is 13.2 Å². The van der Waals surface area contributed by atoms with E-state index in [2.05, 4.69) is 10.1 Å². The van der Waals surface area contributed by atoms with E-state index in [1.54, 1.807) is 20.8 Å². The quantitative estimate of drug-likeness (QED) is 0.498. The van der Waals surface area contributed by atoms with Crippen molar-refractivity contribution in [1.29, 1.82) is 5.26 Å². The Morgan fingerprint density at radius 1 is 1.29 bits per heavy atom. The molecule has 0 aromatic carbocycles. The topological polar surface area (TPSA) is 107 Å². The Labute approximate surface area is 179 Å². The highest BCUT2D eigenvalue weighted by Crippen LogP contribution is 2.32. The van der Waals surface area contributed by atoms with E-state index in [0.29, 0.717) is 12.3 Å². The lowest BCUT2D eigenvalue weighted by Crippen LogP contribution is -2.27. The molecule has 0 aliphatic carbocycles. The molecule has 164 valence electrons. The molecule has 0 amide bonds. The summed E-state index contributed by atoms with van der Waals surface area (Å²) in [6.07, 6.45) is -0.897. The van der Waals surface area contributed by atoms with E-state index in [1.807, 2.05) is 6.07 Å². The Bertz CT molecular complexity index is 1070. The van der Waals surface area contributed by atoms with Gasteiger partial charge in [0.1, 0.15) is 11.7 Å². The molecular formula is C19H16ClF3N4O4. The van der Waals surface area contributed by atoms with Crippen molar-refractivity contribution < 1.29 is 32.2 Å². The van der Waals surface area contributed by atoms with Crippen LogP contribution in [-0.2, 0) is 25.2 Å². The van der Waals surface area contributed by atoms with Crippen LogP contribution in [0.3, 0.4) is 0 Å². The summed E-state index contributed by atoms with van der Waals surface area (Å²) in [6.45, 7) is 4.32. The Hall–Kier alpha value is -3.39. The first-order valence-corrected chi connectivity index (χ1v) is 8.97. The first kappa shape index (κ1) is 23.9. The number of alkyl halides is 3. The van der Waals surface area contributed by atoms with Crippen LogP contribution < -0.4 is 0 Å². The lowest BCUT2D eigenvalue weighted by atomic mass is 10.2. The van der Waals surface area contributed by atoms with Crippen molar-refractivity contribution in [2.75, 3.05) is 6.61 Å². The Balaban J connectivity index is 2.24. The van der Waals surface area contributed by atoms with Crippen LogP contribution in [0.15, 0.2) is 24.5 Å². The van der Waals surface area contributed by atoms with E-state index in [-0.39, 0.29) is 22.1 Å². The minimum absolute atomic E-state index is 0.00560. The van der Waals surface area contributed by atoms with Gasteiger partial charge in [0.15, 0.2) is 12.4 Å². The maximum atomic E-state index is 12.8. The monoisotopic (exact) mass is 456 g/mol. The first-order chi connectivity index (χ1) is 14.3. The highest BCUT2D eigenvalue weighted by molar-refractivity contribution is 6.32. The van der Waals surface area contributed by atoms with Gasteiger partial charge >= 0.3 is 18.1 Å². The fourth-order valence-electron chi connectivity index (χ4n) is 2.21. The van der Waals surface area contributed by atoms with E-state index in [9.17, 15) is 28.0 Å². The van der Waals surface area contributed by atoms with Crippen LogP contribution in [0.2, 0.25) is 5.02 Å². The second-order valence-corrected chi connectivity index (χ2v) is 7.43. The summed E-state index contributed by atoms with van der Waals surface area (Å²) in [5.74, 6) is -1.86. The fourth-order valence-corrected chi connectivity index (χ4v) is 2.46. The average Bonchev–Trinajstić information content (AvgIpc) is 3.05. The third kappa shape index (κ3) is 6.55. The number of hydrogen-bond donors (Lipinski definition) is 0. The van der Waals surface area contributed by atoms with Gasteiger partial charge in [-0.05, 0) is 32.9 Å². The van der Waals surface area contributed by atoms with Gasteiger partial charge in [0.05, 0.1) is 28.0 Å². The standard InChI is InChI=1S/C19H16ClF3N4O4/c1-18(2,3)31-16(29)10-30-15(28)5-4-14-11(7-24)8-26-27(14)17-13(20)6-12(9-25-17)19(21,22)23/h4-6,8-9H,10H2,1-3H3. The zero-order valence-electron chi connectivity index (χ0n) is 16.5. The number of ether oxygens (including phenoxy) is 2. The Morgan fingerprint density at radius 2 is 1.97 bits per heavy atom. The molecule has 31 heavy (non-hydrogen) atoms. The molecule has 0 aliphatic heterocycles. The van der Waals surface area contributed by atoms with Crippen molar-refractivity contribution in [1.82, 2.24) is 14.8 Å². The maximum absolute atomic E-state index is 12.8. The predicted molar refractivity (Wildman–Crippen MR) is 102 cm³/mol. The largest absolute Gasteiger partial charge is 0.457 e. The molecule has 0 radical (unpaired) electrons. The molecule has 12 heteroatoms. The summed E-state index contributed by atoms with van der Waals surface area (Å²) in [5, 5.41) is 12.8. The highest BCUT2D eigenvalue weighted by Gasteiger charge is 2.32. The number of pyridine rings is 1. The summed E-state index contributed by atoms with van der Waals surface area (Å²) in [7, 11) is 0. The van der Waals surface area contributed by atoms with Gasteiger partial charge in [-0.2, -0.15) is 23.5 Å². The minimum atomic E-state index is -4.64. The second-order valence-electron chi connectivity index (χ2n) is 7.02. The fraction of sp³-hybridized carbons (Fsp3) is 0.316. The summed E-state index contributed by atoms with van der Waals surface area (Å²) in [4.78, 5) is 27.1. The maximum Gasteiger partial charge on any atom is 0.417 e. The van der Waals surface area contributed by atoms with E-state index < -0.39 is 35.9 Å².